The van der Waals surface area contributed by atoms with E-state index in [1.165, 1.54) is 11.0 Å². The highest BCUT2D eigenvalue weighted by atomic mass is 16.3. The fourth-order valence-electron chi connectivity index (χ4n) is 3.19. The van der Waals surface area contributed by atoms with Gasteiger partial charge in [-0.1, -0.05) is 72.8 Å². The van der Waals surface area contributed by atoms with E-state index in [1.54, 1.807) is 42.5 Å². The predicted molar refractivity (Wildman–Crippen MR) is 107 cm³/mol. The summed E-state index contributed by atoms with van der Waals surface area (Å²) in [6, 6.07) is 16.7. The van der Waals surface area contributed by atoms with Crippen molar-refractivity contribution >= 4 is 23.5 Å². The fourth-order valence-corrected chi connectivity index (χ4v) is 3.19. The van der Waals surface area contributed by atoms with E-state index in [-0.39, 0.29) is 18.7 Å². The lowest BCUT2D eigenvalue weighted by atomic mass is 9.90. The van der Waals surface area contributed by atoms with Gasteiger partial charge in [0.1, 0.15) is 0 Å². The van der Waals surface area contributed by atoms with E-state index in [2.05, 4.69) is 6.58 Å². The molecular formula is C23H21NO3. The third-order valence-corrected chi connectivity index (χ3v) is 4.46. The Balaban J connectivity index is 1.75. The van der Waals surface area contributed by atoms with Crippen LogP contribution in [0.4, 0.5) is 5.69 Å². The van der Waals surface area contributed by atoms with Gasteiger partial charge in [0.25, 0.3) is 5.91 Å². The molecule has 136 valence electrons. The van der Waals surface area contributed by atoms with Crippen molar-refractivity contribution in [3.8, 4) is 0 Å². The molecule has 4 nitrogen and oxygen atoms in total. The Hall–Kier alpha value is -3.24. The van der Waals surface area contributed by atoms with Crippen molar-refractivity contribution in [2.75, 3.05) is 11.4 Å². The normalized spacial score (nSPS) is 19.0. The maximum absolute atomic E-state index is 12.8. The van der Waals surface area contributed by atoms with Gasteiger partial charge in [-0.15, -0.1) is 6.58 Å². The molecule has 3 rings (SSSR count). The molecule has 0 saturated heterocycles. The van der Waals surface area contributed by atoms with Crippen molar-refractivity contribution in [3.63, 3.8) is 0 Å². The van der Waals surface area contributed by atoms with Gasteiger partial charge in [0, 0.05) is 12.1 Å². The number of carbonyl (C=O) groups excluding carboxylic acids is 2. The molecule has 0 saturated carbocycles. The third-order valence-electron chi connectivity index (χ3n) is 4.46. The highest BCUT2D eigenvalue weighted by Crippen LogP contribution is 2.42. The zero-order chi connectivity index (χ0) is 19.3. The van der Waals surface area contributed by atoms with Crippen LogP contribution in [0.15, 0.2) is 85.5 Å². The van der Waals surface area contributed by atoms with E-state index in [0.717, 1.165) is 5.56 Å². The highest BCUT2D eigenvalue weighted by Gasteiger charge is 2.50. The van der Waals surface area contributed by atoms with E-state index in [9.17, 15) is 14.7 Å². The first kappa shape index (κ1) is 18.5. The summed E-state index contributed by atoms with van der Waals surface area (Å²) < 4.78 is 0. The Kier molecular flexibility index (Phi) is 5.48. The summed E-state index contributed by atoms with van der Waals surface area (Å²) in [6.45, 7) is 3.93. The van der Waals surface area contributed by atoms with Crippen molar-refractivity contribution in [1.82, 2.24) is 0 Å². The van der Waals surface area contributed by atoms with Crippen LogP contribution >= 0.6 is 0 Å². The predicted octanol–water partition coefficient (Wildman–Crippen LogP) is 3.64. The number of amides is 1. The molecule has 1 aliphatic rings. The average molecular weight is 359 g/mol. The van der Waals surface area contributed by atoms with Gasteiger partial charge in [0.15, 0.2) is 11.4 Å². The van der Waals surface area contributed by atoms with Crippen LogP contribution in [-0.2, 0) is 15.2 Å². The van der Waals surface area contributed by atoms with E-state index < -0.39 is 11.5 Å². The molecule has 0 aromatic heterocycles. The van der Waals surface area contributed by atoms with Gasteiger partial charge in [0.05, 0.1) is 12.1 Å². The van der Waals surface area contributed by atoms with Gasteiger partial charge in [-0.2, -0.15) is 0 Å². The Labute approximate surface area is 158 Å². The number of hydrogen-bond acceptors (Lipinski definition) is 3. The number of fused-ring (bicyclic) bond motifs is 1. The molecule has 0 aliphatic carbocycles. The maximum Gasteiger partial charge on any atom is 0.264 e. The van der Waals surface area contributed by atoms with Crippen LogP contribution in [0.1, 0.15) is 17.5 Å². The van der Waals surface area contributed by atoms with Crippen LogP contribution in [0, 0.1) is 0 Å². The molecule has 1 heterocycles. The topological polar surface area (TPSA) is 57.6 Å². The molecule has 0 bridgehead atoms. The Morgan fingerprint density at radius 3 is 2.52 bits per heavy atom. The molecule has 1 aliphatic heterocycles. The first-order chi connectivity index (χ1) is 13.1. The number of hydrogen-bond donors (Lipinski definition) is 1. The molecule has 2 aromatic carbocycles. The van der Waals surface area contributed by atoms with Gasteiger partial charge < -0.3 is 10.0 Å². The van der Waals surface area contributed by atoms with Crippen molar-refractivity contribution in [2.24, 2.45) is 0 Å². The van der Waals surface area contributed by atoms with E-state index in [0.29, 0.717) is 11.3 Å². The van der Waals surface area contributed by atoms with Crippen molar-refractivity contribution < 1.29 is 14.7 Å². The Bertz CT molecular complexity index is 914. The molecule has 0 fully saturated rings. The minimum absolute atomic E-state index is 0.280. The maximum atomic E-state index is 12.8. The van der Waals surface area contributed by atoms with Crippen LogP contribution in [0.3, 0.4) is 0 Å². The lowest BCUT2D eigenvalue weighted by molar-refractivity contribution is -0.140. The molecule has 1 atom stereocenters. The molecule has 1 unspecified atom stereocenters. The average Bonchev–Trinajstić information content (AvgIpc) is 2.89. The van der Waals surface area contributed by atoms with E-state index >= 15 is 0 Å². The number of rotatable bonds is 7. The summed E-state index contributed by atoms with van der Waals surface area (Å²) in [5, 5.41) is 11.0. The molecule has 0 radical (unpaired) electrons. The van der Waals surface area contributed by atoms with E-state index in [4.69, 9.17) is 0 Å². The fraction of sp³-hybridized carbons (Fsp3) is 0.130. The number of carbonyl (C=O) groups is 2. The molecule has 1 amide bonds. The molecular weight excluding hydrogens is 338 g/mol. The van der Waals surface area contributed by atoms with Crippen molar-refractivity contribution in [1.29, 1.82) is 0 Å². The first-order valence-corrected chi connectivity index (χ1v) is 8.73. The summed E-state index contributed by atoms with van der Waals surface area (Å²) in [4.78, 5) is 26.6. The van der Waals surface area contributed by atoms with Crippen molar-refractivity contribution in [2.45, 2.75) is 12.0 Å². The van der Waals surface area contributed by atoms with Crippen molar-refractivity contribution in [3.05, 3.63) is 96.6 Å². The Morgan fingerprint density at radius 2 is 1.78 bits per heavy atom. The van der Waals surface area contributed by atoms with E-state index in [1.807, 2.05) is 36.4 Å². The number of para-hydroxylation sites is 1. The summed E-state index contributed by atoms with van der Waals surface area (Å²) in [5.74, 6) is -0.816. The summed E-state index contributed by atoms with van der Waals surface area (Å²) in [6.07, 6.45) is 7.92. The number of ketones is 1. The van der Waals surface area contributed by atoms with Crippen LogP contribution in [0.25, 0.3) is 6.08 Å². The second-order valence-electron chi connectivity index (χ2n) is 6.35. The third kappa shape index (κ3) is 3.81. The second kappa shape index (κ2) is 7.98. The Morgan fingerprint density at radius 1 is 1.07 bits per heavy atom. The number of benzene rings is 2. The van der Waals surface area contributed by atoms with Gasteiger partial charge in [-0.25, -0.2) is 0 Å². The molecule has 0 spiro atoms. The highest BCUT2D eigenvalue weighted by molar-refractivity contribution is 6.10. The molecule has 4 heteroatoms. The summed E-state index contributed by atoms with van der Waals surface area (Å²) in [5.41, 5.74) is 0.252. The number of allylic oxidation sites excluding steroid dienone is 3. The summed E-state index contributed by atoms with van der Waals surface area (Å²) in [7, 11) is 0. The SMILES string of the molecule is C=CCN1C(=O)C(O)(CC(=O)C=CC=Cc2ccccc2)c2ccccc21. The van der Waals surface area contributed by atoms with Crippen LogP contribution < -0.4 is 4.90 Å². The monoisotopic (exact) mass is 359 g/mol. The molecule has 1 N–H and O–H groups in total. The minimum Gasteiger partial charge on any atom is -0.375 e. The van der Waals surface area contributed by atoms with Crippen LogP contribution in [0.2, 0.25) is 0 Å². The van der Waals surface area contributed by atoms with Gasteiger partial charge in [-0.3, -0.25) is 9.59 Å². The van der Waals surface area contributed by atoms with Gasteiger partial charge in [-0.05, 0) is 17.7 Å². The van der Waals surface area contributed by atoms with Gasteiger partial charge >= 0.3 is 0 Å². The zero-order valence-electron chi connectivity index (χ0n) is 14.9. The second-order valence-corrected chi connectivity index (χ2v) is 6.35. The summed E-state index contributed by atoms with van der Waals surface area (Å²) >= 11 is 0. The lowest BCUT2D eigenvalue weighted by Gasteiger charge is -2.21. The van der Waals surface area contributed by atoms with Crippen LogP contribution in [-0.4, -0.2) is 23.3 Å². The minimum atomic E-state index is -1.84. The zero-order valence-corrected chi connectivity index (χ0v) is 14.9. The largest absolute Gasteiger partial charge is 0.375 e. The smallest absolute Gasteiger partial charge is 0.264 e. The standard InChI is InChI=1S/C23H21NO3/c1-2-16-24-21-15-9-8-14-20(21)23(27,22(24)26)17-19(25)13-7-6-12-18-10-4-3-5-11-18/h2-15,27H,1,16-17H2. The molecule has 2 aromatic rings. The van der Waals surface area contributed by atoms with Gasteiger partial charge in [0.2, 0.25) is 0 Å². The number of anilines is 1. The van der Waals surface area contributed by atoms with Crippen LogP contribution in [0.5, 0.6) is 0 Å². The molecule has 27 heavy (non-hydrogen) atoms. The lowest BCUT2D eigenvalue weighted by Crippen LogP contribution is -2.41. The quantitative estimate of drug-likeness (QED) is 0.466. The number of aliphatic hydroxyl groups is 1. The first-order valence-electron chi connectivity index (χ1n) is 8.73. The number of nitrogens with zero attached hydrogens (tertiary/aromatic N) is 1.